The van der Waals surface area contributed by atoms with Gasteiger partial charge in [-0.25, -0.2) is 0 Å². The number of ether oxygens (including phenoxy) is 2. The maximum absolute atomic E-state index is 11.6. The average Bonchev–Trinajstić information content (AvgIpc) is 2.04. The summed E-state index contributed by atoms with van der Waals surface area (Å²) in [6.07, 6.45) is -4.50. The molecule has 0 amide bonds. The summed E-state index contributed by atoms with van der Waals surface area (Å²) in [6, 6.07) is 0. The Kier molecular flexibility index (Phi) is 3.95. The van der Waals surface area contributed by atoms with Crippen molar-refractivity contribution in [3.63, 3.8) is 0 Å². The molecule has 1 aliphatic heterocycles. The molecule has 3 nitrogen and oxygen atoms in total. The number of nitrogens with one attached hydrogen (secondary N) is 1. The lowest BCUT2D eigenvalue weighted by atomic mass is 10.3. The summed E-state index contributed by atoms with van der Waals surface area (Å²) < 4.78 is 44.5. The van der Waals surface area contributed by atoms with E-state index in [9.17, 15) is 13.2 Å². The Hall–Kier alpha value is -0.330. The highest BCUT2D eigenvalue weighted by molar-refractivity contribution is 4.66. The SMILES string of the molecule is FC(F)(F)COCC1CNCCO1. The van der Waals surface area contributed by atoms with Gasteiger partial charge in [0, 0.05) is 13.1 Å². The summed E-state index contributed by atoms with van der Waals surface area (Å²) in [4.78, 5) is 0. The smallest absolute Gasteiger partial charge is 0.373 e. The second-order valence-corrected chi connectivity index (χ2v) is 2.83. The molecule has 1 atom stereocenters. The lowest BCUT2D eigenvalue weighted by Gasteiger charge is -2.23. The molecule has 1 unspecified atom stereocenters. The number of halogens is 3. The van der Waals surface area contributed by atoms with E-state index >= 15 is 0 Å². The van der Waals surface area contributed by atoms with Crippen molar-refractivity contribution < 1.29 is 22.6 Å². The van der Waals surface area contributed by atoms with Crippen LogP contribution in [-0.2, 0) is 9.47 Å². The lowest BCUT2D eigenvalue weighted by Crippen LogP contribution is -2.41. The van der Waals surface area contributed by atoms with E-state index in [-0.39, 0.29) is 12.7 Å². The summed E-state index contributed by atoms with van der Waals surface area (Å²) in [7, 11) is 0. The summed E-state index contributed by atoms with van der Waals surface area (Å²) in [5.41, 5.74) is 0. The van der Waals surface area contributed by atoms with Crippen molar-refractivity contribution in [2.45, 2.75) is 12.3 Å². The molecule has 1 heterocycles. The van der Waals surface area contributed by atoms with E-state index in [0.717, 1.165) is 6.54 Å². The van der Waals surface area contributed by atoms with Crippen LogP contribution in [0.3, 0.4) is 0 Å². The van der Waals surface area contributed by atoms with Crippen molar-refractivity contribution >= 4 is 0 Å². The molecule has 78 valence electrons. The Bertz CT molecular complexity index is 145. The fourth-order valence-electron chi connectivity index (χ4n) is 1.03. The molecule has 0 aromatic carbocycles. The number of rotatable bonds is 3. The van der Waals surface area contributed by atoms with Gasteiger partial charge in [0.15, 0.2) is 0 Å². The summed E-state index contributed by atoms with van der Waals surface area (Å²) in [5.74, 6) is 0. The molecule has 0 saturated carbocycles. The van der Waals surface area contributed by atoms with Gasteiger partial charge >= 0.3 is 6.18 Å². The molecular formula is C7H12F3NO2. The third-order valence-corrected chi connectivity index (χ3v) is 1.57. The molecule has 1 fully saturated rings. The van der Waals surface area contributed by atoms with Crippen LogP contribution in [0.15, 0.2) is 0 Å². The van der Waals surface area contributed by atoms with Gasteiger partial charge in [0.25, 0.3) is 0 Å². The van der Waals surface area contributed by atoms with E-state index in [0.29, 0.717) is 13.2 Å². The van der Waals surface area contributed by atoms with E-state index in [4.69, 9.17) is 4.74 Å². The number of hydrogen-bond acceptors (Lipinski definition) is 3. The first kappa shape index (κ1) is 10.7. The molecule has 0 radical (unpaired) electrons. The molecule has 0 aromatic rings. The van der Waals surface area contributed by atoms with E-state index in [1.807, 2.05) is 0 Å². The predicted molar refractivity (Wildman–Crippen MR) is 39.5 cm³/mol. The average molecular weight is 199 g/mol. The summed E-state index contributed by atoms with van der Waals surface area (Å²) in [5, 5.41) is 3.00. The fraction of sp³-hybridized carbons (Fsp3) is 1.00. The van der Waals surface area contributed by atoms with Crippen LogP contribution < -0.4 is 5.32 Å². The lowest BCUT2D eigenvalue weighted by molar-refractivity contribution is -0.181. The third-order valence-electron chi connectivity index (χ3n) is 1.57. The quantitative estimate of drug-likeness (QED) is 0.720. The van der Waals surface area contributed by atoms with Gasteiger partial charge in [-0.15, -0.1) is 0 Å². The van der Waals surface area contributed by atoms with Crippen molar-refractivity contribution in [3.8, 4) is 0 Å². The predicted octanol–water partition coefficient (Wildman–Crippen LogP) is 0.554. The minimum Gasteiger partial charge on any atom is -0.373 e. The number of morpholine rings is 1. The molecule has 0 spiro atoms. The third kappa shape index (κ3) is 5.07. The molecular weight excluding hydrogens is 187 g/mol. The Morgan fingerprint density at radius 1 is 1.46 bits per heavy atom. The zero-order chi connectivity index (χ0) is 9.73. The van der Waals surface area contributed by atoms with Crippen LogP contribution in [0.5, 0.6) is 0 Å². The highest BCUT2D eigenvalue weighted by Gasteiger charge is 2.28. The van der Waals surface area contributed by atoms with Crippen LogP contribution in [0, 0.1) is 0 Å². The van der Waals surface area contributed by atoms with Crippen molar-refractivity contribution in [2.24, 2.45) is 0 Å². The van der Waals surface area contributed by atoms with Crippen LogP contribution in [-0.4, -0.2) is 45.2 Å². The Morgan fingerprint density at radius 2 is 2.23 bits per heavy atom. The van der Waals surface area contributed by atoms with Gasteiger partial charge in [-0.05, 0) is 0 Å². The zero-order valence-electron chi connectivity index (χ0n) is 7.06. The van der Waals surface area contributed by atoms with E-state index < -0.39 is 12.8 Å². The molecule has 0 bridgehead atoms. The largest absolute Gasteiger partial charge is 0.411 e. The van der Waals surface area contributed by atoms with Gasteiger partial charge in [0.05, 0.1) is 19.3 Å². The van der Waals surface area contributed by atoms with Crippen molar-refractivity contribution in [2.75, 3.05) is 32.9 Å². The van der Waals surface area contributed by atoms with Crippen LogP contribution in [0.1, 0.15) is 0 Å². The molecule has 0 aromatic heterocycles. The number of alkyl halides is 3. The molecule has 6 heteroatoms. The first-order chi connectivity index (χ1) is 6.08. The molecule has 1 saturated heterocycles. The molecule has 1 N–H and O–H groups in total. The van der Waals surface area contributed by atoms with Gasteiger partial charge in [0.2, 0.25) is 0 Å². The monoisotopic (exact) mass is 199 g/mol. The van der Waals surface area contributed by atoms with Crippen LogP contribution in [0.25, 0.3) is 0 Å². The van der Waals surface area contributed by atoms with Crippen molar-refractivity contribution in [1.82, 2.24) is 5.32 Å². The van der Waals surface area contributed by atoms with E-state index in [1.54, 1.807) is 0 Å². The second-order valence-electron chi connectivity index (χ2n) is 2.83. The molecule has 0 aliphatic carbocycles. The Balaban J connectivity index is 2.04. The van der Waals surface area contributed by atoms with Crippen molar-refractivity contribution in [3.05, 3.63) is 0 Å². The molecule has 1 rings (SSSR count). The minimum atomic E-state index is -4.25. The Morgan fingerprint density at radius 3 is 2.77 bits per heavy atom. The summed E-state index contributed by atoms with van der Waals surface area (Å²) >= 11 is 0. The second kappa shape index (κ2) is 4.78. The number of hydrogen-bond donors (Lipinski definition) is 1. The standard InChI is InChI=1S/C7H12F3NO2/c8-7(9,10)5-12-4-6-3-11-1-2-13-6/h6,11H,1-5H2. The van der Waals surface area contributed by atoms with Crippen LogP contribution in [0.4, 0.5) is 13.2 Å². The maximum Gasteiger partial charge on any atom is 0.411 e. The van der Waals surface area contributed by atoms with Gasteiger partial charge in [0.1, 0.15) is 6.61 Å². The van der Waals surface area contributed by atoms with Crippen LogP contribution in [0.2, 0.25) is 0 Å². The van der Waals surface area contributed by atoms with Gasteiger partial charge in [-0.1, -0.05) is 0 Å². The van der Waals surface area contributed by atoms with E-state index in [2.05, 4.69) is 10.1 Å². The summed E-state index contributed by atoms with van der Waals surface area (Å²) in [6.45, 7) is 0.618. The normalized spacial score (nSPS) is 24.7. The first-order valence-corrected chi connectivity index (χ1v) is 4.05. The Labute approximate surface area is 74.2 Å². The molecule has 13 heavy (non-hydrogen) atoms. The maximum atomic E-state index is 11.6. The first-order valence-electron chi connectivity index (χ1n) is 4.05. The van der Waals surface area contributed by atoms with Crippen LogP contribution >= 0.6 is 0 Å². The zero-order valence-corrected chi connectivity index (χ0v) is 7.06. The highest BCUT2D eigenvalue weighted by atomic mass is 19.4. The minimum absolute atomic E-state index is 0.00743. The highest BCUT2D eigenvalue weighted by Crippen LogP contribution is 2.14. The topological polar surface area (TPSA) is 30.5 Å². The molecule has 1 aliphatic rings. The van der Waals surface area contributed by atoms with Gasteiger partial charge < -0.3 is 14.8 Å². The van der Waals surface area contributed by atoms with Gasteiger partial charge in [-0.2, -0.15) is 13.2 Å². The van der Waals surface area contributed by atoms with Crippen molar-refractivity contribution in [1.29, 1.82) is 0 Å². The fourth-order valence-corrected chi connectivity index (χ4v) is 1.03. The van der Waals surface area contributed by atoms with Gasteiger partial charge in [-0.3, -0.25) is 0 Å². The van der Waals surface area contributed by atoms with E-state index in [1.165, 1.54) is 0 Å².